The number of hydrogen-bond donors (Lipinski definition) is 1. The van der Waals surface area contributed by atoms with Crippen LogP contribution in [0.15, 0.2) is 6.07 Å². The van der Waals surface area contributed by atoms with Gasteiger partial charge in [0.25, 0.3) is 0 Å². The van der Waals surface area contributed by atoms with Crippen molar-refractivity contribution >= 4 is 0 Å². The molecule has 0 spiro atoms. The predicted octanol–water partition coefficient (Wildman–Crippen LogP) is 2.58. The van der Waals surface area contributed by atoms with Crippen molar-refractivity contribution in [2.75, 3.05) is 7.05 Å². The van der Waals surface area contributed by atoms with E-state index < -0.39 is 0 Å². The van der Waals surface area contributed by atoms with Gasteiger partial charge in [-0.25, -0.2) is 0 Å². The van der Waals surface area contributed by atoms with Crippen molar-refractivity contribution in [2.45, 2.75) is 51.0 Å². The number of aryl methyl sites for hydroxylation is 1. The summed E-state index contributed by atoms with van der Waals surface area (Å²) in [7, 11) is 4.05. The molecule has 0 bridgehead atoms. The van der Waals surface area contributed by atoms with Gasteiger partial charge < -0.3 is 5.32 Å². The minimum absolute atomic E-state index is 0.741. The Kier molecular flexibility index (Phi) is 3.99. The van der Waals surface area contributed by atoms with Gasteiger partial charge in [-0.1, -0.05) is 25.7 Å². The maximum Gasteiger partial charge on any atom is 0.0765 e. The Morgan fingerprint density at radius 2 is 2.00 bits per heavy atom. The zero-order valence-electron chi connectivity index (χ0n) is 10.5. The summed E-state index contributed by atoms with van der Waals surface area (Å²) in [5.41, 5.74) is 2.61. The van der Waals surface area contributed by atoms with Gasteiger partial charge in [-0.2, -0.15) is 5.10 Å². The van der Waals surface area contributed by atoms with Crippen LogP contribution in [0.25, 0.3) is 0 Å². The second kappa shape index (κ2) is 5.48. The van der Waals surface area contributed by atoms with Crippen LogP contribution >= 0.6 is 0 Å². The van der Waals surface area contributed by atoms with Gasteiger partial charge in [0.1, 0.15) is 0 Å². The highest BCUT2D eigenvalue weighted by Gasteiger charge is 2.18. The van der Waals surface area contributed by atoms with Crippen molar-refractivity contribution in [3.63, 3.8) is 0 Å². The summed E-state index contributed by atoms with van der Waals surface area (Å²) in [5, 5.41) is 7.72. The third-order valence-corrected chi connectivity index (χ3v) is 3.60. The number of aromatic nitrogens is 2. The number of nitrogens with zero attached hydrogens (tertiary/aromatic N) is 2. The number of nitrogens with one attached hydrogen (secondary N) is 1. The lowest BCUT2D eigenvalue weighted by atomic mass is 9.96. The molecule has 16 heavy (non-hydrogen) atoms. The third-order valence-electron chi connectivity index (χ3n) is 3.60. The molecule has 1 saturated carbocycles. The van der Waals surface area contributed by atoms with Gasteiger partial charge in [-0.05, 0) is 26.0 Å². The molecule has 0 saturated heterocycles. The van der Waals surface area contributed by atoms with Gasteiger partial charge in [0.2, 0.25) is 0 Å². The molecule has 3 nitrogen and oxygen atoms in total. The summed E-state index contributed by atoms with van der Waals surface area (Å²) in [6.07, 6.45) is 8.29. The molecule has 0 atom stereocenters. The lowest BCUT2D eigenvalue weighted by Gasteiger charge is -2.13. The van der Waals surface area contributed by atoms with E-state index in [9.17, 15) is 0 Å². The summed E-state index contributed by atoms with van der Waals surface area (Å²) < 4.78 is 2.09. The first-order chi connectivity index (χ1) is 7.81. The molecule has 1 aromatic rings. The van der Waals surface area contributed by atoms with Crippen LogP contribution in [-0.2, 0) is 13.6 Å². The van der Waals surface area contributed by atoms with Crippen LogP contribution in [0, 0.1) is 0 Å². The molecule has 1 aliphatic rings. The molecule has 90 valence electrons. The van der Waals surface area contributed by atoms with Gasteiger partial charge >= 0.3 is 0 Å². The molecule has 1 N–H and O–H groups in total. The molecule has 0 radical (unpaired) electrons. The van der Waals surface area contributed by atoms with Crippen molar-refractivity contribution in [3.05, 3.63) is 17.5 Å². The Hall–Kier alpha value is -0.830. The molecule has 1 fully saturated rings. The van der Waals surface area contributed by atoms with E-state index in [0.29, 0.717) is 0 Å². The predicted molar refractivity (Wildman–Crippen MR) is 66.4 cm³/mol. The van der Waals surface area contributed by atoms with Crippen molar-refractivity contribution in [2.24, 2.45) is 7.05 Å². The fraction of sp³-hybridized carbons (Fsp3) is 0.769. The highest BCUT2D eigenvalue weighted by atomic mass is 15.3. The Bertz CT molecular complexity index is 322. The second-order valence-electron chi connectivity index (χ2n) is 4.90. The van der Waals surface area contributed by atoms with E-state index in [-0.39, 0.29) is 0 Å². The first-order valence-corrected chi connectivity index (χ1v) is 6.48. The first kappa shape index (κ1) is 11.6. The maximum absolute atomic E-state index is 4.56. The second-order valence-corrected chi connectivity index (χ2v) is 4.90. The fourth-order valence-corrected chi connectivity index (χ4v) is 2.77. The SMILES string of the molecule is CNCc1cc(C2CCCCCC2)n(C)n1. The molecule has 1 aromatic heterocycles. The molecule has 1 aliphatic carbocycles. The molecule has 2 rings (SSSR count). The Labute approximate surface area is 98.2 Å². The maximum atomic E-state index is 4.56. The van der Waals surface area contributed by atoms with E-state index >= 15 is 0 Å². The summed E-state index contributed by atoms with van der Waals surface area (Å²) in [4.78, 5) is 0. The van der Waals surface area contributed by atoms with E-state index in [4.69, 9.17) is 0 Å². The van der Waals surface area contributed by atoms with Crippen molar-refractivity contribution in [1.82, 2.24) is 15.1 Å². The van der Waals surface area contributed by atoms with E-state index in [1.807, 2.05) is 7.05 Å². The standard InChI is InChI=1S/C13H23N3/c1-14-10-12-9-13(16(2)15-12)11-7-5-3-4-6-8-11/h9,11,14H,3-8,10H2,1-2H3. The molecule has 3 heteroatoms. The van der Waals surface area contributed by atoms with Crippen LogP contribution in [0.4, 0.5) is 0 Å². The van der Waals surface area contributed by atoms with Gasteiger partial charge in [0.15, 0.2) is 0 Å². The van der Waals surface area contributed by atoms with E-state index in [0.717, 1.165) is 12.5 Å². The average Bonchev–Trinajstić information content (AvgIpc) is 2.52. The monoisotopic (exact) mass is 221 g/mol. The largest absolute Gasteiger partial charge is 0.314 e. The zero-order chi connectivity index (χ0) is 11.4. The smallest absolute Gasteiger partial charge is 0.0765 e. The van der Waals surface area contributed by atoms with E-state index in [2.05, 4.69) is 28.2 Å². The molecule has 1 heterocycles. The summed E-state index contributed by atoms with van der Waals surface area (Å²) in [6, 6.07) is 2.28. The van der Waals surface area contributed by atoms with E-state index in [1.54, 1.807) is 0 Å². The van der Waals surface area contributed by atoms with Gasteiger partial charge in [0.05, 0.1) is 5.69 Å². The summed E-state index contributed by atoms with van der Waals surface area (Å²) in [5.74, 6) is 0.741. The quantitative estimate of drug-likeness (QED) is 0.795. The fourth-order valence-electron chi connectivity index (χ4n) is 2.77. The minimum Gasteiger partial charge on any atom is -0.314 e. The Morgan fingerprint density at radius 1 is 1.31 bits per heavy atom. The average molecular weight is 221 g/mol. The van der Waals surface area contributed by atoms with Crippen LogP contribution in [0.1, 0.15) is 55.8 Å². The third kappa shape index (κ3) is 2.64. The Morgan fingerprint density at radius 3 is 2.62 bits per heavy atom. The molecule has 0 aromatic carbocycles. The first-order valence-electron chi connectivity index (χ1n) is 6.48. The molecular weight excluding hydrogens is 198 g/mol. The van der Waals surface area contributed by atoms with Crippen LogP contribution in [0.2, 0.25) is 0 Å². The lowest BCUT2D eigenvalue weighted by Crippen LogP contribution is -2.06. The summed E-state index contributed by atoms with van der Waals surface area (Å²) in [6.45, 7) is 0.876. The Balaban J connectivity index is 2.11. The van der Waals surface area contributed by atoms with Crippen molar-refractivity contribution < 1.29 is 0 Å². The highest BCUT2D eigenvalue weighted by Crippen LogP contribution is 2.31. The normalized spacial score (nSPS) is 18.6. The van der Waals surface area contributed by atoms with Gasteiger partial charge in [0, 0.05) is 25.2 Å². The van der Waals surface area contributed by atoms with Crippen LogP contribution in [0.5, 0.6) is 0 Å². The van der Waals surface area contributed by atoms with Crippen LogP contribution in [-0.4, -0.2) is 16.8 Å². The minimum atomic E-state index is 0.741. The van der Waals surface area contributed by atoms with Crippen molar-refractivity contribution in [3.8, 4) is 0 Å². The van der Waals surface area contributed by atoms with Gasteiger partial charge in [-0.15, -0.1) is 0 Å². The van der Waals surface area contributed by atoms with Crippen molar-refractivity contribution in [1.29, 1.82) is 0 Å². The number of hydrogen-bond acceptors (Lipinski definition) is 2. The molecule has 0 amide bonds. The van der Waals surface area contributed by atoms with Crippen LogP contribution < -0.4 is 5.32 Å². The zero-order valence-corrected chi connectivity index (χ0v) is 10.5. The van der Waals surface area contributed by atoms with Gasteiger partial charge in [-0.3, -0.25) is 4.68 Å². The summed E-state index contributed by atoms with van der Waals surface area (Å²) >= 11 is 0. The van der Waals surface area contributed by atoms with Crippen LogP contribution in [0.3, 0.4) is 0 Å². The number of rotatable bonds is 3. The highest BCUT2D eigenvalue weighted by molar-refractivity contribution is 5.15. The lowest BCUT2D eigenvalue weighted by molar-refractivity contribution is 0.540. The molecule has 0 aliphatic heterocycles. The molecular formula is C13H23N3. The molecule has 0 unspecified atom stereocenters. The topological polar surface area (TPSA) is 29.9 Å². The van der Waals surface area contributed by atoms with E-state index in [1.165, 1.54) is 49.9 Å².